The fraction of sp³-hybridized carbons (Fsp3) is 0.829. The highest BCUT2D eigenvalue weighted by atomic mass is 16.7. The lowest BCUT2D eigenvalue weighted by Gasteiger charge is -2.42. The Kier molecular flexibility index (Phi) is 47.5. The van der Waals surface area contributed by atoms with Crippen LogP contribution in [0.4, 0.5) is 0 Å². The molecule has 3 saturated heterocycles. The van der Waals surface area contributed by atoms with Crippen LogP contribution in [0.3, 0.4) is 0 Å². The van der Waals surface area contributed by atoms with E-state index in [0.717, 1.165) is 0 Å². The SMILES string of the molecule is C=CC=COCC(C)(C)CC(C)(C)CNC(=O)CCCC(=O)NC(CCC(=O)NCCOCCOCCOC1OC(CO)C(O)C(O)C1NC(C)=O)(CCC(=O)NCCOCCOCCOC1OC(CO)C(O)C(O)C1NC(C)=O)CCC(=O)NCCOCCOCCOC1OC(CO)C(O)C(O)C1NC(C)=O. The molecule has 3 aliphatic rings. The lowest BCUT2D eigenvalue weighted by atomic mass is 9.75. The van der Waals surface area contributed by atoms with Gasteiger partial charge in [0.1, 0.15) is 73.1 Å². The molecule has 0 aromatic rings. The molecule has 3 rings (SSSR count). The minimum absolute atomic E-state index is 0.00243. The maximum Gasteiger partial charge on any atom is 0.220 e. The number of carbonyl (C=O) groups excluding carboxylic acids is 8. The zero-order chi connectivity index (χ0) is 80.1. The van der Waals surface area contributed by atoms with E-state index in [1.54, 1.807) is 18.4 Å². The molecule has 15 atom stereocenters. The smallest absolute Gasteiger partial charge is 0.220 e. The Labute approximate surface area is 631 Å². The first-order chi connectivity index (χ1) is 51.4. The fourth-order valence-corrected chi connectivity index (χ4v) is 12.1. The van der Waals surface area contributed by atoms with E-state index in [9.17, 15) is 84.3 Å². The molecule has 0 aromatic heterocycles. The third-order valence-corrected chi connectivity index (χ3v) is 17.3. The Balaban J connectivity index is 1.66. The highest BCUT2D eigenvalue weighted by molar-refractivity contribution is 5.81. The van der Waals surface area contributed by atoms with Crippen molar-refractivity contribution in [2.24, 2.45) is 10.8 Å². The van der Waals surface area contributed by atoms with E-state index in [1.807, 2.05) is 13.8 Å². The number of ether oxygens (including phenoxy) is 13. The quantitative estimate of drug-likeness (QED) is 0.0154. The van der Waals surface area contributed by atoms with Crippen LogP contribution in [-0.2, 0) is 99.9 Å². The van der Waals surface area contributed by atoms with Crippen molar-refractivity contribution >= 4 is 47.3 Å². The van der Waals surface area contributed by atoms with Gasteiger partial charge < -0.3 is 150 Å². The molecule has 0 radical (unpaired) electrons. The maximum absolute atomic E-state index is 14.1. The van der Waals surface area contributed by atoms with E-state index >= 15 is 0 Å². The molecule has 3 heterocycles. The van der Waals surface area contributed by atoms with E-state index in [-0.39, 0.29) is 193 Å². The second-order valence-electron chi connectivity index (χ2n) is 28.0. The summed E-state index contributed by atoms with van der Waals surface area (Å²) in [6.07, 6.45) is -11.0. The Morgan fingerprint density at radius 2 is 0.731 bits per heavy atom. The van der Waals surface area contributed by atoms with E-state index in [4.69, 9.17) is 61.6 Å². The van der Waals surface area contributed by atoms with Crippen LogP contribution in [0.5, 0.6) is 0 Å². The molecule has 8 amide bonds. The normalized spacial score (nSPS) is 25.1. The highest BCUT2D eigenvalue weighted by Crippen LogP contribution is 2.34. The van der Waals surface area contributed by atoms with Gasteiger partial charge >= 0.3 is 0 Å². The van der Waals surface area contributed by atoms with Gasteiger partial charge in [-0.05, 0) is 49.0 Å². The molecule has 15 unspecified atom stereocenters. The van der Waals surface area contributed by atoms with E-state index in [0.29, 0.717) is 19.6 Å². The van der Waals surface area contributed by atoms with Crippen molar-refractivity contribution in [2.45, 2.75) is 210 Å². The van der Waals surface area contributed by atoms with Crippen LogP contribution in [0, 0.1) is 10.8 Å². The molecule has 0 aliphatic carbocycles. The third-order valence-electron chi connectivity index (χ3n) is 17.3. The molecular weight excluding hydrogens is 1430 g/mol. The van der Waals surface area contributed by atoms with Gasteiger partial charge in [0, 0.05) is 84.6 Å². The standard InChI is InChI=1S/C70H124N8O30/c1-9-10-23-102-44-69(7,8)42-68(5,6)43-74-51(85)12-11-13-55(89)78-70(17-14-52(86)71-20-24-96-27-30-99-33-36-103-65-56(75-45(2)82)62(93)59(90)48(39-79)106-65,18-15-53(87)72-21-25-97-28-31-100-34-37-104-66-57(76-46(3)83)63(94)60(91)49(40-80)107-66)19-16-54(88)73-22-26-98-29-32-101-35-38-105-67-58(77-47(4)84)64(95)61(92)50(41-81)108-67/h9-10,23,48-50,56-67,79-81,90-95H,1,11-22,24-44H2,2-8H3,(H,71,86)(H,72,87)(H,73,88)(H,74,85)(H,75,82)(H,76,83)(H,77,84)(H,78,89). The third kappa shape index (κ3) is 38.9. The molecule has 38 nitrogen and oxygen atoms in total. The Morgan fingerprint density at radius 3 is 1.06 bits per heavy atom. The predicted molar refractivity (Wildman–Crippen MR) is 381 cm³/mol. The van der Waals surface area contributed by atoms with Gasteiger partial charge in [-0.25, -0.2) is 0 Å². The summed E-state index contributed by atoms with van der Waals surface area (Å²) in [5.74, 6) is -3.62. The first-order valence-corrected chi connectivity index (χ1v) is 36.7. The molecule has 38 heteroatoms. The van der Waals surface area contributed by atoms with Crippen LogP contribution in [0.25, 0.3) is 0 Å². The van der Waals surface area contributed by atoms with Crippen molar-refractivity contribution < 1.29 is 146 Å². The maximum atomic E-state index is 14.1. The Hall–Kier alpha value is -5.80. The molecule has 0 saturated carbocycles. The zero-order valence-electron chi connectivity index (χ0n) is 63.5. The summed E-state index contributed by atoms with van der Waals surface area (Å²) < 4.78 is 73.0. The van der Waals surface area contributed by atoms with Crippen molar-refractivity contribution in [3.63, 3.8) is 0 Å². The van der Waals surface area contributed by atoms with Crippen molar-refractivity contribution in [1.29, 1.82) is 0 Å². The minimum Gasteiger partial charge on any atom is -0.501 e. The Bertz CT molecular complexity index is 2450. The number of rotatable bonds is 58. The predicted octanol–water partition coefficient (Wildman–Crippen LogP) is -5.04. The number of nitrogens with one attached hydrogen (secondary N) is 8. The molecule has 17 N–H and O–H groups in total. The summed E-state index contributed by atoms with van der Waals surface area (Å²) >= 11 is 0. The van der Waals surface area contributed by atoms with Gasteiger partial charge in [-0.3, -0.25) is 38.4 Å². The lowest BCUT2D eigenvalue weighted by Crippen LogP contribution is -2.64. The molecule has 624 valence electrons. The molecule has 3 aliphatic heterocycles. The van der Waals surface area contributed by atoms with Gasteiger partial charge in [-0.1, -0.05) is 40.3 Å². The first-order valence-electron chi connectivity index (χ1n) is 36.7. The van der Waals surface area contributed by atoms with Gasteiger partial charge in [0.05, 0.1) is 132 Å². The van der Waals surface area contributed by atoms with Crippen molar-refractivity contribution in [1.82, 2.24) is 42.5 Å². The number of aliphatic hydroxyl groups excluding tert-OH is 9. The molecular formula is C70H124N8O30. The second-order valence-corrected chi connectivity index (χ2v) is 28.0. The molecule has 0 spiro atoms. The van der Waals surface area contributed by atoms with E-state index < -0.39 is 159 Å². The van der Waals surface area contributed by atoms with Crippen LogP contribution >= 0.6 is 0 Å². The zero-order valence-corrected chi connectivity index (χ0v) is 63.5. The van der Waals surface area contributed by atoms with Gasteiger partial charge in [0.2, 0.25) is 47.3 Å². The molecule has 3 fully saturated rings. The average Bonchev–Trinajstić information content (AvgIpc) is 0.819. The van der Waals surface area contributed by atoms with Gasteiger partial charge in [0.15, 0.2) is 18.9 Å². The van der Waals surface area contributed by atoms with Crippen LogP contribution in [0.15, 0.2) is 25.0 Å². The number of amides is 8. The van der Waals surface area contributed by atoms with E-state index in [1.165, 1.54) is 20.8 Å². The topological polar surface area (TPSA) is 535 Å². The molecule has 0 aromatic carbocycles. The average molecular weight is 1560 g/mol. The minimum atomic E-state index is -1.48. The van der Waals surface area contributed by atoms with Crippen molar-refractivity contribution in [2.75, 3.05) is 152 Å². The van der Waals surface area contributed by atoms with Crippen LogP contribution in [0.2, 0.25) is 0 Å². The number of allylic oxidation sites excluding steroid dienone is 2. The number of hydrogen-bond donors (Lipinski definition) is 17. The monoisotopic (exact) mass is 1560 g/mol. The van der Waals surface area contributed by atoms with Gasteiger partial charge in [0.25, 0.3) is 0 Å². The number of hydrogen-bond acceptors (Lipinski definition) is 30. The Morgan fingerprint density at radius 1 is 0.417 bits per heavy atom. The lowest BCUT2D eigenvalue weighted by molar-refractivity contribution is -0.272. The highest BCUT2D eigenvalue weighted by Gasteiger charge is 2.48. The largest absolute Gasteiger partial charge is 0.501 e. The summed E-state index contributed by atoms with van der Waals surface area (Å²) in [4.78, 5) is 104. The number of aliphatic hydroxyl groups is 9. The van der Waals surface area contributed by atoms with Crippen molar-refractivity contribution in [3.8, 4) is 0 Å². The van der Waals surface area contributed by atoms with E-state index in [2.05, 4.69) is 63.0 Å². The van der Waals surface area contributed by atoms with Crippen LogP contribution in [-0.4, -0.2) is 342 Å². The first kappa shape index (κ1) is 96.4. The summed E-state index contributed by atoms with van der Waals surface area (Å²) in [5, 5.41) is 113. The number of carbonyl (C=O) groups is 8. The van der Waals surface area contributed by atoms with Gasteiger partial charge in [-0.2, -0.15) is 0 Å². The summed E-state index contributed by atoms with van der Waals surface area (Å²) in [7, 11) is 0. The van der Waals surface area contributed by atoms with Crippen LogP contribution < -0.4 is 42.5 Å². The fourth-order valence-electron chi connectivity index (χ4n) is 12.1. The van der Waals surface area contributed by atoms with Crippen LogP contribution in [0.1, 0.15) is 113 Å². The molecule has 108 heavy (non-hydrogen) atoms. The summed E-state index contributed by atoms with van der Waals surface area (Å²) in [6, 6.07) is -3.37. The van der Waals surface area contributed by atoms with Crippen molar-refractivity contribution in [3.05, 3.63) is 25.0 Å². The molecule has 0 bridgehead atoms. The summed E-state index contributed by atoms with van der Waals surface area (Å²) in [5.41, 5.74) is -1.90. The second kappa shape index (κ2) is 53.2. The van der Waals surface area contributed by atoms with Gasteiger partial charge in [-0.15, -0.1) is 0 Å². The summed E-state index contributed by atoms with van der Waals surface area (Å²) in [6.45, 7) is 15.4.